The van der Waals surface area contributed by atoms with E-state index in [1.165, 1.54) is 10.9 Å². The van der Waals surface area contributed by atoms with Crippen LogP contribution in [0.25, 0.3) is 27.5 Å². The normalized spacial score (nSPS) is 11.5. The fraction of sp³-hybridized carbons (Fsp3) is 0.136. The molecule has 138 valence electrons. The summed E-state index contributed by atoms with van der Waals surface area (Å²) >= 11 is 0. The summed E-state index contributed by atoms with van der Waals surface area (Å²) in [7, 11) is 0. The Morgan fingerprint density at radius 2 is 1.89 bits per heavy atom. The quantitative estimate of drug-likeness (QED) is 0.512. The Bertz CT molecular complexity index is 1360. The molecule has 0 saturated heterocycles. The number of anilines is 1. The van der Waals surface area contributed by atoms with Crippen molar-refractivity contribution < 1.29 is 4.79 Å². The molecule has 3 heterocycles. The molecule has 0 radical (unpaired) electrons. The monoisotopic (exact) mass is 369 g/mol. The number of carbonyl (C=O) groups excluding carboxylic acids is 1. The molecule has 0 aliphatic carbocycles. The fourth-order valence-electron chi connectivity index (χ4n) is 3.93. The molecule has 0 atom stereocenters. The van der Waals surface area contributed by atoms with Gasteiger partial charge in [-0.05, 0) is 44.2 Å². The minimum absolute atomic E-state index is 0.204. The van der Waals surface area contributed by atoms with Crippen molar-refractivity contribution in [3.63, 3.8) is 0 Å². The maximum Gasteiger partial charge on any atom is 0.261 e. The summed E-state index contributed by atoms with van der Waals surface area (Å²) < 4.78 is 3.91. The first-order chi connectivity index (χ1) is 13.7. The predicted molar refractivity (Wildman–Crippen MR) is 111 cm³/mol. The van der Waals surface area contributed by atoms with Crippen molar-refractivity contribution in [2.24, 2.45) is 0 Å². The number of carbonyl (C=O) groups is 1. The average molecular weight is 369 g/mol. The molecule has 3 aromatic heterocycles. The first-order valence-electron chi connectivity index (χ1n) is 9.29. The largest absolute Gasteiger partial charge is 0.341 e. The number of amides is 1. The van der Waals surface area contributed by atoms with Crippen molar-refractivity contribution >= 4 is 39.0 Å². The van der Waals surface area contributed by atoms with Crippen molar-refractivity contribution in [2.45, 2.75) is 20.4 Å². The molecule has 0 spiro atoms. The molecular weight excluding hydrogens is 350 g/mol. The van der Waals surface area contributed by atoms with Crippen LogP contribution in [0, 0.1) is 6.92 Å². The number of nitrogens with one attached hydrogen (secondary N) is 1. The first-order valence-corrected chi connectivity index (χ1v) is 9.29. The summed E-state index contributed by atoms with van der Waals surface area (Å²) in [5.41, 5.74) is 4.82. The minimum atomic E-state index is -0.204. The number of hydrogen-bond donors (Lipinski definition) is 1. The highest BCUT2D eigenvalue weighted by Gasteiger charge is 2.19. The van der Waals surface area contributed by atoms with E-state index in [2.05, 4.69) is 51.2 Å². The maximum atomic E-state index is 13.0. The van der Waals surface area contributed by atoms with Gasteiger partial charge in [-0.1, -0.05) is 18.2 Å². The van der Waals surface area contributed by atoms with Gasteiger partial charge in [-0.2, -0.15) is 5.10 Å². The van der Waals surface area contributed by atoms with Crippen LogP contribution in [-0.2, 0) is 6.54 Å². The zero-order valence-electron chi connectivity index (χ0n) is 15.7. The highest BCUT2D eigenvalue weighted by molar-refractivity contribution is 6.12. The number of hydrogen-bond acceptors (Lipinski definition) is 3. The minimum Gasteiger partial charge on any atom is -0.341 e. The molecule has 0 bridgehead atoms. The van der Waals surface area contributed by atoms with Crippen LogP contribution in [0.2, 0.25) is 0 Å². The molecule has 6 heteroatoms. The van der Waals surface area contributed by atoms with Gasteiger partial charge >= 0.3 is 0 Å². The smallest absolute Gasteiger partial charge is 0.261 e. The summed E-state index contributed by atoms with van der Waals surface area (Å²) in [6.07, 6.45) is 3.46. The number of rotatable bonds is 3. The van der Waals surface area contributed by atoms with Crippen molar-refractivity contribution in [2.75, 3.05) is 5.32 Å². The standard InChI is InChI=1S/C22H19N5O/c1-3-26-18-8-5-4-7-16(18)17-13-15(9-10-19(17)26)24-22(28)20-14(2)25-27-12-6-11-23-21(20)27/h4-13H,3H2,1-2H3,(H,24,28). The third-order valence-electron chi connectivity index (χ3n) is 5.14. The van der Waals surface area contributed by atoms with Crippen molar-refractivity contribution in [1.29, 1.82) is 0 Å². The molecule has 0 aliphatic rings. The van der Waals surface area contributed by atoms with Crippen LogP contribution in [0.5, 0.6) is 0 Å². The Kier molecular flexibility index (Phi) is 3.65. The number of fused-ring (bicyclic) bond motifs is 4. The van der Waals surface area contributed by atoms with Gasteiger partial charge in [-0.15, -0.1) is 0 Å². The summed E-state index contributed by atoms with van der Waals surface area (Å²) in [6.45, 7) is 4.85. The first kappa shape index (κ1) is 16.5. The van der Waals surface area contributed by atoms with Gasteiger partial charge in [0, 0.05) is 46.4 Å². The van der Waals surface area contributed by atoms with E-state index in [0.29, 0.717) is 16.9 Å². The van der Waals surface area contributed by atoms with Gasteiger partial charge in [0.15, 0.2) is 5.65 Å². The SMILES string of the molecule is CCn1c2ccccc2c2cc(NC(=O)c3c(C)nn4cccnc34)ccc21. The average Bonchev–Trinajstić information content (AvgIpc) is 3.21. The lowest BCUT2D eigenvalue weighted by Crippen LogP contribution is -2.13. The molecule has 0 saturated carbocycles. The molecule has 0 unspecified atom stereocenters. The van der Waals surface area contributed by atoms with Gasteiger partial charge in [-0.25, -0.2) is 9.50 Å². The molecule has 2 aromatic carbocycles. The third kappa shape index (κ3) is 2.38. The Balaban J connectivity index is 1.59. The highest BCUT2D eigenvalue weighted by atomic mass is 16.1. The molecule has 1 amide bonds. The van der Waals surface area contributed by atoms with Crippen molar-refractivity contribution in [3.05, 3.63) is 72.2 Å². The number of nitrogens with zero attached hydrogens (tertiary/aromatic N) is 4. The van der Waals surface area contributed by atoms with E-state index in [-0.39, 0.29) is 5.91 Å². The Morgan fingerprint density at radius 3 is 2.75 bits per heavy atom. The van der Waals surface area contributed by atoms with Gasteiger partial charge in [-0.3, -0.25) is 4.79 Å². The van der Waals surface area contributed by atoms with Crippen molar-refractivity contribution in [1.82, 2.24) is 19.2 Å². The van der Waals surface area contributed by atoms with Gasteiger partial charge < -0.3 is 9.88 Å². The topological polar surface area (TPSA) is 64.2 Å². The number of benzene rings is 2. The van der Waals surface area contributed by atoms with E-state index in [4.69, 9.17) is 0 Å². The summed E-state index contributed by atoms with van der Waals surface area (Å²) in [5, 5.41) is 9.71. The van der Waals surface area contributed by atoms with Crippen LogP contribution in [-0.4, -0.2) is 25.1 Å². The number of para-hydroxylation sites is 1. The number of aromatic nitrogens is 4. The lowest BCUT2D eigenvalue weighted by molar-refractivity contribution is 0.102. The van der Waals surface area contributed by atoms with Crippen LogP contribution < -0.4 is 5.32 Å². The van der Waals surface area contributed by atoms with E-state index < -0.39 is 0 Å². The van der Waals surface area contributed by atoms with E-state index in [1.807, 2.05) is 25.1 Å². The van der Waals surface area contributed by atoms with Gasteiger partial charge in [0.25, 0.3) is 5.91 Å². The molecule has 28 heavy (non-hydrogen) atoms. The maximum absolute atomic E-state index is 13.0. The van der Waals surface area contributed by atoms with E-state index >= 15 is 0 Å². The predicted octanol–water partition coefficient (Wildman–Crippen LogP) is 4.42. The van der Waals surface area contributed by atoms with Crippen LogP contribution in [0.4, 0.5) is 5.69 Å². The van der Waals surface area contributed by atoms with Crippen LogP contribution >= 0.6 is 0 Å². The lowest BCUT2D eigenvalue weighted by Gasteiger charge is -2.06. The summed E-state index contributed by atoms with van der Waals surface area (Å²) in [4.78, 5) is 17.3. The zero-order valence-corrected chi connectivity index (χ0v) is 15.7. The number of aryl methyl sites for hydroxylation is 2. The summed E-state index contributed by atoms with van der Waals surface area (Å²) in [6, 6.07) is 16.2. The lowest BCUT2D eigenvalue weighted by atomic mass is 10.1. The molecule has 5 rings (SSSR count). The molecule has 5 aromatic rings. The van der Waals surface area contributed by atoms with Crippen LogP contribution in [0.1, 0.15) is 23.0 Å². The third-order valence-corrected chi connectivity index (χ3v) is 5.14. The Hall–Kier alpha value is -3.67. The molecular formula is C22H19N5O. The molecule has 0 aliphatic heterocycles. The molecule has 6 nitrogen and oxygen atoms in total. The molecule has 0 fully saturated rings. The van der Waals surface area contributed by atoms with Gasteiger partial charge in [0.1, 0.15) is 5.56 Å². The van der Waals surface area contributed by atoms with Gasteiger partial charge in [0.2, 0.25) is 0 Å². The molecule has 1 N–H and O–H groups in total. The Morgan fingerprint density at radius 1 is 1.07 bits per heavy atom. The second-order valence-corrected chi connectivity index (χ2v) is 6.80. The summed E-state index contributed by atoms with van der Waals surface area (Å²) in [5.74, 6) is -0.204. The second kappa shape index (κ2) is 6.20. The van der Waals surface area contributed by atoms with E-state index in [9.17, 15) is 4.79 Å². The second-order valence-electron chi connectivity index (χ2n) is 6.80. The van der Waals surface area contributed by atoms with Crippen LogP contribution in [0.15, 0.2) is 60.9 Å². The van der Waals surface area contributed by atoms with E-state index in [1.54, 1.807) is 23.0 Å². The Labute approximate surface area is 161 Å². The highest BCUT2D eigenvalue weighted by Crippen LogP contribution is 2.31. The van der Waals surface area contributed by atoms with E-state index in [0.717, 1.165) is 23.1 Å². The van der Waals surface area contributed by atoms with Crippen molar-refractivity contribution in [3.8, 4) is 0 Å². The van der Waals surface area contributed by atoms with Gasteiger partial charge in [0.05, 0.1) is 5.69 Å². The van der Waals surface area contributed by atoms with Crippen LogP contribution in [0.3, 0.4) is 0 Å². The zero-order chi connectivity index (χ0) is 19.3. The fourth-order valence-corrected chi connectivity index (χ4v) is 3.93.